The fourth-order valence-corrected chi connectivity index (χ4v) is 5.73. The van der Waals surface area contributed by atoms with Gasteiger partial charge in [0.2, 0.25) is 5.34 Å². The molecule has 1 atom stereocenters. The number of unbranched alkanes of at least 4 members (excludes halogenated alkanes) is 16. The third-order valence-electron chi connectivity index (χ3n) is 6.77. The molecule has 0 aliphatic carbocycles. The van der Waals surface area contributed by atoms with Crippen molar-refractivity contribution in [2.45, 2.75) is 141 Å². The molecule has 0 fully saturated rings. The summed E-state index contributed by atoms with van der Waals surface area (Å²) >= 11 is 0. The van der Waals surface area contributed by atoms with Crippen LogP contribution in [0.3, 0.4) is 0 Å². The van der Waals surface area contributed by atoms with Crippen molar-refractivity contribution in [3.05, 3.63) is 24.3 Å². The first-order chi connectivity index (χ1) is 17.0. The molecule has 0 aromatic carbocycles. The lowest BCUT2D eigenvalue weighted by Gasteiger charge is -2.35. The van der Waals surface area contributed by atoms with Gasteiger partial charge in [0.05, 0.1) is 21.1 Å². The summed E-state index contributed by atoms with van der Waals surface area (Å²) in [7, 11) is 0.942. The molecular formula is C30H61NO4P+. The van der Waals surface area contributed by atoms with E-state index in [4.69, 9.17) is 0 Å². The molecule has 0 aliphatic rings. The highest BCUT2D eigenvalue weighted by molar-refractivity contribution is 7.53. The van der Waals surface area contributed by atoms with Crippen LogP contribution in [0.5, 0.6) is 0 Å². The second kappa shape index (κ2) is 21.5. The van der Waals surface area contributed by atoms with Crippen molar-refractivity contribution in [1.29, 1.82) is 0 Å². The molecule has 0 aromatic rings. The van der Waals surface area contributed by atoms with E-state index in [0.29, 0.717) is 10.9 Å². The normalized spacial score (nSPS) is 14.8. The van der Waals surface area contributed by atoms with Gasteiger partial charge in [0.1, 0.15) is 6.54 Å². The van der Waals surface area contributed by atoms with Crippen molar-refractivity contribution in [3.63, 3.8) is 0 Å². The quantitative estimate of drug-likeness (QED) is 0.0478. The summed E-state index contributed by atoms with van der Waals surface area (Å²) in [6.07, 6.45) is 32.8. The molecular weight excluding hydrogens is 469 g/mol. The zero-order chi connectivity index (χ0) is 27.2. The Hall–Kier alpha value is -0.450. The van der Waals surface area contributed by atoms with Crippen LogP contribution in [0.25, 0.3) is 0 Å². The molecule has 3 N–H and O–H groups in total. The number of nitrogens with zero attached hydrogens (tertiary/aromatic N) is 1. The summed E-state index contributed by atoms with van der Waals surface area (Å²) in [4.78, 5) is 19.2. The summed E-state index contributed by atoms with van der Waals surface area (Å²) in [6, 6.07) is 0. The van der Waals surface area contributed by atoms with Crippen molar-refractivity contribution in [2.24, 2.45) is 0 Å². The van der Waals surface area contributed by atoms with Gasteiger partial charge < -0.3 is 19.4 Å². The lowest BCUT2D eigenvalue weighted by atomic mass is 10.1. The Balaban J connectivity index is 3.59. The molecule has 5 nitrogen and oxygen atoms in total. The standard InChI is InChI=1S/C30H60NO4P/c1-5-6-7-8-9-10-11-12-13-14-15-16-17-18-19-20-21-22-23-24-25-26-27-28-30(32,36(33,34)35)29-31(2,3)4/h16-17,22-23,32H,5-15,18-21,24-29H2,1-4H3,(H-,33,34,35)/p+1/b17-16-,23-22-. The summed E-state index contributed by atoms with van der Waals surface area (Å²) in [5.74, 6) is 0. The minimum atomic E-state index is -4.56. The van der Waals surface area contributed by atoms with Gasteiger partial charge in [-0.1, -0.05) is 95.4 Å². The molecule has 0 aliphatic heterocycles. The van der Waals surface area contributed by atoms with Gasteiger partial charge in [-0.3, -0.25) is 4.57 Å². The molecule has 36 heavy (non-hydrogen) atoms. The second-order valence-electron chi connectivity index (χ2n) is 11.8. The maximum Gasteiger partial charge on any atom is 0.362 e. The Bertz CT molecular complexity index is 609. The fourth-order valence-electron chi connectivity index (χ4n) is 4.67. The molecule has 214 valence electrons. The van der Waals surface area contributed by atoms with E-state index in [1.807, 2.05) is 21.1 Å². The number of likely N-dealkylation sites (N-methyl/N-ethyl adjacent to an activating group) is 1. The van der Waals surface area contributed by atoms with E-state index < -0.39 is 12.9 Å². The topological polar surface area (TPSA) is 77.8 Å². The highest BCUT2D eigenvalue weighted by Crippen LogP contribution is 2.52. The van der Waals surface area contributed by atoms with Crippen LogP contribution in [-0.2, 0) is 4.57 Å². The Labute approximate surface area is 224 Å². The minimum absolute atomic E-state index is 0.0473. The number of aliphatic hydroxyl groups is 1. The highest BCUT2D eigenvalue weighted by Gasteiger charge is 2.48. The third kappa shape index (κ3) is 21.6. The molecule has 0 bridgehead atoms. The van der Waals surface area contributed by atoms with Gasteiger partial charge in [-0.2, -0.15) is 0 Å². The smallest absolute Gasteiger partial charge is 0.362 e. The maximum atomic E-state index is 11.8. The van der Waals surface area contributed by atoms with E-state index in [1.165, 1.54) is 89.9 Å². The molecule has 0 amide bonds. The van der Waals surface area contributed by atoms with Crippen molar-refractivity contribution in [3.8, 4) is 0 Å². The maximum absolute atomic E-state index is 11.8. The molecule has 6 heteroatoms. The van der Waals surface area contributed by atoms with Crippen LogP contribution in [0.2, 0.25) is 0 Å². The second-order valence-corrected chi connectivity index (χ2v) is 13.7. The minimum Gasteiger partial charge on any atom is -0.373 e. The molecule has 0 rings (SSSR count). The van der Waals surface area contributed by atoms with Gasteiger partial charge in [0.25, 0.3) is 0 Å². The SMILES string of the molecule is CCCCCCCCCCCC/C=C\CCCC/C=C\CCCCCC(O)(C[N+](C)(C)C)P(=O)(O)O. The molecule has 0 spiro atoms. The monoisotopic (exact) mass is 530 g/mol. The summed E-state index contributed by atoms with van der Waals surface area (Å²) in [6.45, 7) is 2.32. The van der Waals surface area contributed by atoms with Crippen LogP contribution in [0, 0.1) is 0 Å². The average molecular weight is 531 g/mol. The van der Waals surface area contributed by atoms with E-state index in [1.54, 1.807) is 0 Å². The Kier molecular flexibility index (Phi) is 21.2. The van der Waals surface area contributed by atoms with Gasteiger partial charge >= 0.3 is 7.60 Å². The predicted molar refractivity (Wildman–Crippen MR) is 156 cm³/mol. The van der Waals surface area contributed by atoms with Crippen molar-refractivity contribution < 1.29 is 23.9 Å². The van der Waals surface area contributed by atoms with Crippen LogP contribution in [0.4, 0.5) is 0 Å². The van der Waals surface area contributed by atoms with E-state index >= 15 is 0 Å². The highest BCUT2D eigenvalue weighted by atomic mass is 31.2. The van der Waals surface area contributed by atoms with Gasteiger partial charge in [-0.05, 0) is 64.2 Å². The Morgan fingerprint density at radius 2 is 0.944 bits per heavy atom. The first kappa shape index (κ1) is 35.5. The zero-order valence-corrected chi connectivity index (χ0v) is 25.2. The summed E-state index contributed by atoms with van der Waals surface area (Å²) < 4.78 is 12.1. The van der Waals surface area contributed by atoms with E-state index in [0.717, 1.165) is 25.7 Å². The van der Waals surface area contributed by atoms with E-state index in [9.17, 15) is 19.5 Å². The molecule has 0 radical (unpaired) electrons. The van der Waals surface area contributed by atoms with E-state index in [2.05, 4.69) is 31.2 Å². The Morgan fingerprint density at radius 3 is 1.31 bits per heavy atom. The largest absolute Gasteiger partial charge is 0.373 e. The first-order valence-electron chi connectivity index (χ1n) is 14.9. The fraction of sp³-hybridized carbons (Fsp3) is 0.867. The molecule has 0 heterocycles. The van der Waals surface area contributed by atoms with E-state index in [-0.39, 0.29) is 13.0 Å². The third-order valence-corrected chi connectivity index (χ3v) is 8.22. The zero-order valence-electron chi connectivity index (χ0n) is 24.3. The average Bonchev–Trinajstić information content (AvgIpc) is 2.77. The lowest BCUT2D eigenvalue weighted by Crippen LogP contribution is -2.49. The van der Waals surface area contributed by atoms with Gasteiger partial charge in [0.15, 0.2) is 0 Å². The number of allylic oxidation sites excluding steroid dienone is 4. The summed E-state index contributed by atoms with van der Waals surface area (Å²) in [5, 5.41) is 8.63. The van der Waals surface area contributed by atoms with Gasteiger partial charge in [-0.15, -0.1) is 0 Å². The number of rotatable bonds is 25. The van der Waals surface area contributed by atoms with Crippen LogP contribution >= 0.6 is 7.60 Å². The van der Waals surface area contributed by atoms with Gasteiger partial charge in [0, 0.05) is 0 Å². The van der Waals surface area contributed by atoms with Gasteiger partial charge in [-0.25, -0.2) is 0 Å². The predicted octanol–water partition coefficient (Wildman–Crippen LogP) is 8.49. The molecule has 0 saturated heterocycles. The Morgan fingerprint density at radius 1 is 0.611 bits per heavy atom. The lowest BCUT2D eigenvalue weighted by molar-refractivity contribution is -0.875. The first-order valence-corrected chi connectivity index (χ1v) is 16.5. The molecule has 0 aromatic heterocycles. The number of hydrogen-bond acceptors (Lipinski definition) is 2. The molecule has 0 saturated carbocycles. The summed E-state index contributed by atoms with van der Waals surface area (Å²) in [5.41, 5.74) is 0. The van der Waals surface area contributed by atoms with Crippen molar-refractivity contribution in [2.75, 3.05) is 27.7 Å². The number of hydrogen-bond donors (Lipinski definition) is 3. The van der Waals surface area contributed by atoms with Crippen LogP contribution < -0.4 is 0 Å². The van der Waals surface area contributed by atoms with Crippen LogP contribution in [-0.4, -0.2) is 52.4 Å². The van der Waals surface area contributed by atoms with Crippen LogP contribution in [0.1, 0.15) is 135 Å². The van der Waals surface area contributed by atoms with Crippen molar-refractivity contribution in [1.82, 2.24) is 0 Å². The van der Waals surface area contributed by atoms with Crippen molar-refractivity contribution >= 4 is 7.60 Å². The molecule has 1 unspecified atom stereocenters. The number of quaternary nitrogens is 1. The van der Waals surface area contributed by atoms with Crippen LogP contribution in [0.15, 0.2) is 24.3 Å².